The van der Waals surface area contributed by atoms with Crippen molar-refractivity contribution in [3.8, 4) is 0 Å². The number of piperazine rings is 1. The molecule has 0 unspecified atom stereocenters. The smallest absolute Gasteiger partial charge is 0.313 e. The highest BCUT2D eigenvalue weighted by molar-refractivity contribution is 6.39. The molecule has 0 aromatic heterocycles. The zero-order valence-corrected chi connectivity index (χ0v) is 17.5. The number of halogens is 2. The minimum Gasteiger partial charge on any atom is -0.369 e. The van der Waals surface area contributed by atoms with Gasteiger partial charge in [-0.3, -0.25) is 14.5 Å². The Labute approximate surface area is 180 Å². The second kappa shape index (κ2) is 10.5. The SMILES string of the molecule is O=C(NCCCN1CCN(c2ccc(Cl)cc2)CC1)C(=O)Nc1ccc(Cl)cc1. The molecule has 0 saturated carbocycles. The molecule has 0 radical (unpaired) electrons. The Hall–Kier alpha value is -2.28. The summed E-state index contributed by atoms with van der Waals surface area (Å²) in [5.41, 5.74) is 1.72. The Morgan fingerprint density at radius 3 is 2.03 bits per heavy atom. The number of carbonyl (C=O) groups excluding carboxylic acids is 2. The van der Waals surface area contributed by atoms with Crippen molar-refractivity contribution in [2.75, 3.05) is 49.5 Å². The van der Waals surface area contributed by atoms with Crippen LogP contribution in [0.15, 0.2) is 48.5 Å². The Morgan fingerprint density at radius 1 is 0.828 bits per heavy atom. The van der Waals surface area contributed by atoms with Gasteiger partial charge in [-0.1, -0.05) is 23.2 Å². The Bertz CT molecular complexity index is 820. The quantitative estimate of drug-likeness (QED) is 0.540. The minimum atomic E-state index is -0.677. The topological polar surface area (TPSA) is 64.7 Å². The van der Waals surface area contributed by atoms with Crippen LogP contribution in [0.3, 0.4) is 0 Å². The number of nitrogens with one attached hydrogen (secondary N) is 2. The van der Waals surface area contributed by atoms with Crippen LogP contribution in [-0.4, -0.2) is 56.0 Å². The molecular weight excluding hydrogens is 411 g/mol. The second-order valence-corrected chi connectivity index (χ2v) is 7.75. The Kier molecular flexibility index (Phi) is 7.75. The van der Waals surface area contributed by atoms with Gasteiger partial charge < -0.3 is 15.5 Å². The monoisotopic (exact) mass is 434 g/mol. The molecule has 2 aromatic carbocycles. The molecule has 0 atom stereocenters. The lowest BCUT2D eigenvalue weighted by molar-refractivity contribution is -0.136. The van der Waals surface area contributed by atoms with Crippen molar-refractivity contribution in [1.29, 1.82) is 0 Å². The van der Waals surface area contributed by atoms with Crippen LogP contribution in [0, 0.1) is 0 Å². The lowest BCUT2D eigenvalue weighted by Crippen LogP contribution is -2.47. The number of hydrogen-bond donors (Lipinski definition) is 2. The lowest BCUT2D eigenvalue weighted by atomic mass is 10.2. The maximum absolute atomic E-state index is 11.9. The minimum absolute atomic E-state index is 0.463. The second-order valence-electron chi connectivity index (χ2n) is 6.88. The summed E-state index contributed by atoms with van der Waals surface area (Å²) in [7, 11) is 0. The van der Waals surface area contributed by atoms with Crippen LogP contribution in [0.5, 0.6) is 0 Å². The maximum atomic E-state index is 11.9. The van der Waals surface area contributed by atoms with E-state index >= 15 is 0 Å². The summed E-state index contributed by atoms with van der Waals surface area (Å²) in [6.45, 7) is 5.19. The zero-order valence-electron chi connectivity index (χ0n) is 16.0. The molecule has 1 saturated heterocycles. The first-order valence-electron chi connectivity index (χ1n) is 9.59. The molecule has 0 aliphatic carbocycles. The highest BCUT2D eigenvalue weighted by Gasteiger charge is 2.17. The summed E-state index contributed by atoms with van der Waals surface area (Å²) >= 11 is 11.7. The van der Waals surface area contributed by atoms with Crippen molar-refractivity contribution >= 4 is 46.4 Å². The van der Waals surface area contributed by atoms with E-state index in [4.69, 9.17) is 23.2 Å². The Morgan fingerprint density at radius 2 is 1.41 bits per heavy atom. The molecule has 1 aliphatic heterocycles. The van der Waals surface area contributed by atoms with E-state index < -0.39 is 11.8 Å². The van der Waals surface area contributed by atoms with Crippen LogP contribution in [0.2, 0.25) is 10.0 Å². The number of carbonyl (C=O) groups is 2. The van der Waals surface area contributed by atoms with Gasteiger partial charge >= 0.3 is 11.8 Å². The highest BCUT2D eigenvalue weighted by Crippen LogP contribution is 2.19. The molecule has 8 heteroatoms. The van der Waals surface area contributed by atoms with Crippen molar-refractivity contribution in [3.05, 3.63) is 58.6 Å². The summed E-state index contributed by atoms with van der Waals surface area (Å²) in [6, 6.07) is 14.5. The van der Waals surface area contributed by atoms with Gasteiger partial charge in [0.05, 0.1) is 0 Å². The molecule has 6 nitrogen and oxygen atoms in total. The average molecular weight is 435 g/mol. The summed E-state index contributed by atoms with van der Waals surface area (Å²) in [5.74, 6) is -1.31. The van der Waals surface area contributed by atoms with Gasteiger partial charge in [0.1, 0.15) is 0 Å². The Balaban J connectivity index is 1.31. The van der Waals surface area contributed by atoms with E-state index in [2.05, 4.69) is 20.4 Å². The van der Waals surface area contributed by atoms with Crippen LogP contribution >= 0.6 is 23.2 Å². The van der Waals surface area contributed by atoms with Gasteiger partial charge in [-0.05, 0) is 61.5 Å². The van der Waals surface area contributed by atoms with E-state index in [1.54, 1.807) is 24.3 Å². The summed E-state index contributed by atoms with van der Waals surface area (Å²) in [5, 5.41) is 6.53. The number of rotatable bonds is 6. The third-order valence-electron chi connectivity index (χ3n) is 4.81. The average Bonchev–Trinajstić information content (AvgIpc) is 2.74. The molecule has 2 amide bonds. The molecule has 1 aliphatic rings. The fraction of sp³-hybridized carbons (Fsp3) is 0.333. The third kappa shape index (κ3) is 6.63. The summed E-state index contributed by atoms with van der Waals surface area (Å²) in [6.07, 6.45) is 0.793. The number of anilines is 2. The van der Waals surface area contributed by atoms with Gasteiger partial charge in [0.2, 0.25) is 0 Å². The van der Waals surface area contributed by atoms with Crippen LogP contribution in [0.25, 0.3) is 0 Å². The van der Waals surface area contributed by atoms with Crippen LogP contribution in [-0.2, 0) is 9.59 Å². The molecule has 154 valence electrons. The largest absolute Gasteiger partial charge is 0.369 e. The predicted molar refractivity (Wildman–Crippen MR) is 118 cm³/mol. The number of amides is 2. The lowest BCUT2D eigenvalue weighted by Gasteiger charge is -2.36. The first kappa shape index (κ1) is 21.4. The molecule has 29 heavy (non-hydrogen) atoms. The van der Waals surface area contributed by atoms with Crippen LogP contribution in [0.4, 0.5) is 11.4 Å². The predicted octanol–water partition coefficient (Wildman–Crippen LogP) is 3.26. The molecule has 3 rings (SSSR count). The van der Waals surface area contributed by atoms with Crippen molar-refractivity contribution in [2.24, 2.45) is 0 Å². The van der Waals surface area contributed by atoms with E-state index in [1.165, 1.54) is 5.69 Å². The van der Waals surface area contributed by atoms with E-state index in [0.29, 0.717) is 17.3 Å². The van der Waals surface area contributed by atoms with Crippen molar-refractivity contribution in [3.63, 3.8) is 0 Å². The van der Waals surface area contributed by atoms with E-state index in [9.17, 15) is 9.59 Å². The van der Waals surface area contributed by atoms with E-state index in [-0.39, 0.29) is 0 Å². The summed E-state index contributed by atoms with van der Waals surface area (Å²) in [4.78, 5) is 28.5. The van der Waals surface area contributed by atoms with Crippen LogP contribution < -0.4 is 15.5 Å². The van der Waals surface area contributed by atoms with Crippen molar-refractivity contribution < 1.29 is 9.59 Å². The van der Waals surface area contributed by atoms with Gasteiger partial charge in [-0.25, -0.2) is 0 Å². The van der Waals surface area contributed by atoms with Gasteiger partial charge in [-0.2, -0.15) is 0 Å². The molecule has 1 fully saturated rings. The fourth-order valence-electron chi connectivity index (χ4n) is 3.19. The van der Waals surface area contributed by atoms with Gasteiger partial charge in [0.15, 0.2) is 0 Å². The van der Waals surface area contributed by atoms with Gasteiger partial charge in [0, 0.05) is 54.1 Å². The molecule has 0 spiro atoms. The first-order chi connectivity index (χ1) is 14.0. The number of nitrogens with zero attached hydrogens (tertiary/aromatic N) is 2. The molecule has 2 aromatic rings. The van der Waals surface area contributed by atoms with Crippen molar-refractivity contribution in [1.82, 2.24) is 10.2 Å². The van der Waals surface area contributed by atoms with Crippen molar-refractivity contribution in [2.45, 2.75) is 6.42 Å². The first-order valence-corrected chi connectivity index (χ1v) is 10.3. The van der Waals surface area contributed by atoms with Crippen LogP contribution in [0.1, 0.15) is 6.42 Å². The highest BCUT2D eigenvalue weighted by atomic mass is 35.5. The van der Waals surface area contributed by atoms with Gasteiger partial charge in [-0.15, -0.1) is 0 Å². The molecular formula is C21H24Cl2N4O2. The van der Waals surface area contributed by atoms with Gasteiger partial charge in [0.25, 0.3) is 0 Å². The number of benzene rings is 2. The zero-order chi connectivity index (χ0) is 20.6. The standard InChI is InChI=1S/C21H24Cl2N4O2/c22-16-2-6-18(7-3-16)25-21(29)20(28)24-10-1-11-26-12-14-27(15-13-26)19-8-4-17(23)5-9-19/h2-9H,1,10-15H2,(H,24,28)(H,25,29). The molecule has 2 N–H and O–H groups in total. The molecule has 0 bridgehead atoms. The number of hydrogen-bond acceptors (Lipinski definition) is 4. The normalized spacial score (nSPS) is 14.5. The van der Waals surface area contributed by atoms with E-state index in [1.807, 2.05) is 24.3 Å². The summed E-state index contributed by atoms with van der Waals surface area (Å²) < 4.78 is 0. The molecule has 1 heterocycles. The fourth-order valence-corrected chi connectivity index (χ4v) is 3.44. The van der Waals surface area contributed by atoms with E-state index in [0.717, 1.165) is 44.2 Å². The third-order valence-corrected chi connectivity index (χ3v) is 5.31. The maximum Gasteiger partial charge on any atom is 0.313 e.